The molecule has 1 aliphatic rings. The van der Waals surface area contributed by atoms with Crippen LogP contribution in [0.5, 0.6) is 0 Å². The molecule has 1 unspecified atom stereocenters. The van der Waals surface area contributed by atoms with E-state index in [1.165, 1.54) is 0 Å². The molecule has 1 rings (SSSR count). The van der Waals surface area contributed by atoms with Crippen molar-refractivity contribution in [2.75, 3.05) is 47.3 Å². The Kier molecular flexibility index (Phi) is 7.58. The predicted octanol–water partition coefficient (Wildman–Crippen LogP) is 1.49. The molecule has 0 N–H and O–H groups in total. The van der Waals surface area contributed by atoms with Crippen LogP contribution in [0.3, 0.4) is 0 Å². The van der Waals surface area contributed by atoms with E-state index in [2.05, 4.69) is 11.9 Å². The number of alkyl halides is 3. The summed E-state index contributed by atoms with van der Waals surface area (Å²) in [4.78, 5) is 6.10. The van der Waals surface area contributed by atoms with Gasteiger partial charge in [-0.3, -0.25) is 9.80 Å². The van der Waals surface area contributed by atoms with Crippen LogP contribution in [0, 0.1) is 0 Å². The molecule has 0 bridgehead atoms. The first-order valence-corrected chi connectivity index (χ1v) is 6.17. The molecule has 0 spiro atoms. The third kappa shape index (κ3) is 4.19. The minimum absolute atomic E-state index is 0. The Hall–Kier alpha value is 1.28. The van der Waals surface area contributed by atoms with Gasteiger partial charge >= 0.3 is 0 Å². The van der Waals surface area contributed by atoms with Crippen molar-refractivity contribution < 1.29 is 17.4 Å². The van der Waals surface area contributed by atoms with Gasteiger partial charge in [0.2, 0.25) is 4.46 Å². The Morgan fingerprint density at radius 3 is 2.06 bits per heavy atom. The molecule has 0 amide bonds. The van der Waals surface area contributed by atoms with E-state index < -0.39 is 9.96 Å². The molecule has 7 heteroatoms. The second-order valence-corrected chi connectivity index (χ2v) is 5.89. The van der Waals surface area contributed by atoms with Crippen molar-refractivity contribution >= 4 is 34.8 Å². The van der Waals surface area contributed by atoms with Crippen LogP contribution in [0.15, 0.2) is 0 Å². The normalized spacial score (nSPS) is 30.0. The molecule has 96 valence electrons. The van der Waals surface area contributed by atoms with Crippen molar-refractivity contribution in [2.24, 2.45) is 0 Å². The maximum atomic E-state index is 6.26. The Bertz CT molecular complexity index is 218. The smallest absolute Gasteiger partial charge is 0.200 e. The zero-order valence-corrected chi connectivity index (χ0v) is 13.3. The molecule has 1 atom stereocenters. The Labute approximate surface area is 124 Å². The van der Waals surface area contributed by atoms with E-state index in [1.54, 1.807) is 0 Å². The summed E-state index contributed by atoms with van der Waals surface area (Å²) in [6.07, 6.45) is 0. The molecule has 1 fully saturated rings. The van der Waals surface area contributed by atoms with Gasteiger partial charge in [-0.2, -0.15) is 0 Å². The molecule has 1 heterocycles. The summed E-state index contributed by atoms with van der Waals surface area (Å²) in [5.74, 6) is 0. The van der Waals surface area contributed by atoms with E-state index in [1.807, 2.05) is 23.9 Å². The van der Waals surface area contributed by atoms with E-state index in [0.717, 1.165) is 26.2 Å². The molecule has 0 aromatic heterocycles. The fourth-order valence-electron chi connectivity index (χ4n) is 1.47. The average Bonchev–Trinajstić information content (AvgIpc) is 2.21. The van der Waals surface area contributed by atoms with Gasteiger partial charge in [-0.15, -0.1) is 11.6 Å². The van der Waals surface area contributed by atoms with Crippen LogP contribution in [0.1, 0.15) is 0 Å². The quantitative estimate of drug-likeness (QED) is 0.493. The van der Waals surface area contributed by atoms with Gasteiger partial charge < -0.3 is 4.90 Å². The molecule has 16 heavy (non-hydrogen) atoms. The van der Waals surface area contributed by atoms with Crippen LogP contribution in [-0.4, -0.2) is 72.0 Å². The standard InChI is InChI=1S/C9H18Cl3N3.Cr/c1-13-4-6-14(2)8(10)9(11,12)15(3)7-5-13;/h8H,4-7H2,1-3H3;. The van der Waals surface area contributed by atoms with E-state index in [9.17, 15) is 0 Å². The number of hydrogen-bond acceptors (Lipinski definition) is 3. The molecule has 1 aliphatic heterocycles. The second-order valence-electron chi connectivity index (χ2n) is 4.13. The third-order valence-corrected chi connectivity index (χ3v) is 4.70. The summed E-state index contributed by atoms with van der Waals surface area (Å²) in [5.41, 5.74) is -0.405. The summed E-state index contributed by atoms with van der Waals surface area (Å²) in [5, 5.41) is 0. The third-order valence-electron chi connectivity index (χ3n) is 2.83. The van der Waals surface area contributed by atoms with Crippen molar-refractivity contribution in [3.8, 4) is 0 Å². The first-order valence-electron chi connectivity index (χ1n) is 4.97. The largest absolute Gasteiger partial charge is 0.304 e. The molecule has 0 radical (unpaired) electrons. The summed E-state index contributed by atoms with van der Waals surface area (Å²) in [7, 11) is 5.91. The Balaban J connectivity index is 0.00000225. The number of halogens is 3. The Morgan fingerprint density at radius 2 is 1.50 bits per heavy atom. The average molecular weight is 327 g/mol. The van der Waals surface area contributed by atoms with E-state index in [-0.39, 0.29) is 17.4 Å². The van der Waals surface area contributed by atoms with Gasteiger partial charge in [0.15, 0.2) is 0 Å². The van der Waals surface area contributed by atoms with Gasteiger partial charge in [-0.05, 0) is 21.1 Å². The maximum absolute atomic E-state index is 6.26. The van der Waals surface area contributed by atoms with Crippen LogP contribution < -0.4 is 0 Å². The van der Waals surface area contributed by atoms with Crippen LogP contribution in [0.4, 0.5) is 0 Å². The Morgan fingerprint density at radius 1 is 1.00 bits per heavy atom. The van der Waals surface area contributed by atoms with E-state index in [4.69, 9.17) is 34.8 Å². The molecular weight excluding hydrogens is 308 g/mol. The van der Waals surface area contributed by atoms with Gasteiger partial charge in [-0.25, -0.2) is 0 Å². The van der Waals surface area contributed by atoms with Crippen LogP contribution in [-0.2, 0) is 17.4 Å². The molecule has 0 aromatic rings. The summed E-state index contributed by atoms with van der Waals surface area (Å²) < 4.78 is -1.04. The van der Waals surface area contributed by atoms with Crippen molar-refractivity contribution in [2.45, 2.75) is 9.96 Å². The second kappa shape index (κ2) is 7.02. The topological polar surface area (TPSA) is 9.72 Å². The van der Waals surface area contributed by atoms with Crippen molar-refractivity contribution in [1.29, 1.82) is 0 Å². The maximum Gasteiger partial charge on any atom is 0.200 e. The predicted molar refractivity (Wildman–Crippen MR) is 66.8 cm³/mol. The zero-order valence-electron chi connectivity index (χ0n) is 9.79. The van der Waals surface area contributed by atoms with Crippen LogP contribution in [0.25, 0.3) is 0 Å². The number of rotatable bonds is 0. The summed E-state index contributed by atoms with van der Waals surface area (Å²) in [6, 6.07) is 0. The SMILES string of the molecule is CN1CCN(C)C(Cl)C(Cl)(Cl)N(C)CC1.[Cr]. The van der Waals surface area contributed by atoms with Crippen LogP contribution >= 0.6 is 34.8 Å². The zero-order chi connectivity index (χ0) is 11.6. The first kappa shape index (κ1) is 17.3. The monoisotopic (exact) mass is 325 g/mol. The minimum Gasteiger partial charge on any atom is -0.304 e. The first-order chi connectivity index (χ1) is 6.85. The van der Waals surface area contributed by atoms with E-state index in [0.29, 0.717) is 0 Å². The molecule has 0 saturated carbocycles. The molecule has 3 nitrogen and oxygen atoms in total. The van der Waals surface area contributed by atoms with Crippen molar-refractivity contribution in [3.05, 3.63) is 0 Å². The fourth-order valence-corrected chi connectivity index (χ4v) is 2.24. The van der Waals surface area contributed by atoms with Gasteiger partial charge in [0, 0.05) is 43.5 Å². The van der Waals surface area contributed by atoms with Gasteiger partial charge in [-0.1, -0.05) is 23.2 Å². The summed E-state index contributed by atoms with van der Waals surface area (Å²) >= 11 is 18.8. The minimum atomic E-state index is -1.04. The summed E-state index contributed by atoms with van der Waals surface area (Å²) in [6.45, 7) is 3.58. The fraction of sp³-hybridized carbons (Fsp3) is 1.00. The number of nitrogens with zero attached hydrogens (tertiary/aromatic N) is 3. The van der Waals surface area contributed by atoms with Crippen molar-refractivity contribution in [3.63, 3.8) is 0 Å². The number of likely N-dealkylation sites (N-methyl/N-ethyl adjacent to an activating group) is 3. The molecule has 0 aromatic carbocycles. The van der Waals surface area contributed by atoms with Gasteiger partial charge in [0.1, 0.15) is 5.50 Å². The molecular formula is C9H18Cl3CrN3. The number of hydrogen-bond donors (Lipinski definition) is 0. The van der Waals surface area contributed by atoms with Crippen LogP contribution in [0.2, 0.25) is 0 Å². The van der Waals surface area contributed by atoms with Gasteiger partial charge in [0.25, 0.3) is 0 Å². The molecule has 1 saturated heterocycles. The van der Waals surface area contributed by atoms with Crippen molar-refractivity contribution in [1.82, 2.24) is 14.7 Å². The molecule has 0 aliphatic carbocycles. The van der Waals surface area contributed by atoms with Gasteiger partial charge in [0.05, 0.1) is 0 Å². The van der Waals surface area contributed by atoms with E-state index >= 15 is 0 Å².